The van der Waals surface area contributed by atoms with Crippen LogP contribution in [0.1, 0.15) is 60.5 Å². The van der Waals surface area contributed by atoms with Crippen molar-refractivity contribution >= 4 is 78.9 Å². The maximum atomic E-state index is 13.0. The number of fused-ring (bicyclic) bond motifs is 2. The normalized spacial score (nSPS) is 11.1. The SMILES string of the molecule is CCOC(=O)COc1ccc2c(C)c(CCN(CC)CC)c(=O)oc2c1.CCc1oc2ccccc2c1C(=O)c1cc(I)c(O)c(I)c1. The Bertz CT molecular complexity index is 1950. The number of phenolic OH excluding ortho intramolecular Hbond substituents is 1. The van der Waals surface area contributed by atoms with E-state index in [-0.39, 0.29) is 23.8 Å². The van der Waals surface area contributed by atoms with Gasteiger partial charge in [-0.15, -0.1) is 0 Å². The number of aromatic hydroxyl groups is 1. The Hall–Kier alpha value is -3.43. The highest BCUT2D eigenvalue weighted by atomic mass is 127. The Labute approximate surface area is 306 Å². The number of furan rings is 1. The van der Waals surface area contributed by atoms with Crippen LogP contribution in [0.15, 0.2) is 68.2 Å². The summed E-state index contributed by atoms with van der Waals surface area (Å²) in [5.41, 5.74) is 3.70. The number of hydrogen-bond acceptors (Lipinski definition) is 9. The molecule has 0 saturated carbocycles. The highest BCUT2D eigenvalue weighted by Crippen LogP contribution is 2.32. The molecule has 1 N–H and O–H groups in total. The highest BCUT2D eigenvalue weighted by Gasteiger charge is 2.22. The molecule has 48 heavy (non-hydrogen) atoms. The van der Waals surface area contributed by atoms with Crippen molar-refractivity contribution < 1.29 is 33.0 Å². The van der Waals surface area contributed by atoms with Gasteiger partial charge in [-0.05, 0) is 114 Å². The lowest BCUT2D eigenvalue weighted by Gasteiger charge is -2.18. The minimum atomic E-state index is -0.433. The van der Waals surface area contributed by atoms with Gasteiger partial charge >= 0.3 is 11.6 Å². The Balaban J connectivity index is 0.000000219. The number of carbonyl (C=O) groups excluding carboxylic acids is 2. The summed E-state index contributed by atoms with van der Waals surface area (Å²) in [6, 6.07) is 16.2. The lowest BCUT2D eigenvalue weighted by molar-refractivity contribution is -0.145. The zero-order valence-corrected chi connectivity index (χ0v) is 32.0. The lowest BCUT2D eigenvalue weighted by Crippen LogP contribution is -2.27. The van der Waals surface area contributed by atoms with E-state index in [1.807, 2.05) is 89.4 Å². The molecule has 3 aromatic carbocycles. The van der Waals surface area contributed by atoms with Gasteiger partial charge in [0, 0.05) is 40.9 Å². The van der Waals surface area contributed by atoms with E-state index in [9.17, 15) is 19.5 Å². The molecule has 2 heterocycles. The summed E-state index contributed by atoms with van der Waals surface area (Å²) in [5, 5.41) is 11.6. The van der Waals surface area contributed by atoms with E-state index in [0.717, 1.165) is 41.6 Å². The van der Waals surface area contributed by atoms with Gasteiger partial charge in [-0.25, -0.2) is 9.59 Å². The number of likely N-dealkylation sites (N-methyl/N-ethyl adjacent to an activating group) is 1. The summed E-state index contributed by atoms with van der Waals surface area (Å²) in [4.78, 5) is 39.0. The summed E-state index contributed by atoms with van der Waals surface area (Å²) in [6.45, 7) is 12.7. The highest BCUT2D eigenvalue weighted by molar-refractivity contribution is 14.1. The number of benzene rings is 3. The number of carbonyl (C=O) groups is 2. The van der Waals surface area contributed by atoms with Gasteiger partial charge in [-0.1, -0.05) is 39.0 Å². The zero-order valence-electron chi connectivity index (χ0n) is 27.7. The van der Waals surface area contributed by atoms with Crippen molar-refractivity contribution in [2.75, 3.05) is 32.8 Å². The van der Waals surface area contributed by atoms with Gasteiger partial charge in [-0.2, -0.15) is 0 Å². The van der Waals surface area contributed by atoms with Gasteiger partial charge < -0.3 is 28.3 Å². The van der Waals surface area contributed by atoms with Gasteiger partial charge in [0.15, 0.2) is 12.4 Å². The van der Waals surface area contributed by atoms with Crippen LogP contribution in [-0.2, 0) is 22.4 Å². The largest absolute Gasteiger partial charge is 0.506 e. The predicted octanol–water partition coefficient (Wildman–Crippen LogP) is 8.07. The molecule has 0 atom stereocenters. The van der Waals surface area contributed by atoms with Gasteiger partial charge in [0.25, 0.3) is 0 Å². The van der Waals surface area contributed by atoms with Crippen molar-refractivity contribution in [2.45, 2.75) is 47.5 Å². The predicted molar refractivity (Wildman–Crippen MR) is 203 cm³/mol. The number of ether oxygens (including phenoxy) is 2. The number of ketones is 1. The van der Waals surface area contributed by atoms with Crippen LogP contribution in [0.3, 0.4) is 0 Å². The quantitative estimate of drug-likeness (QED) is 0.0575. The number of para-hydroxylation sites is 1. The molecule has 0 bridgehead atoms. The van der Waals surface area contributed by atoms with Crippen LogP contribution in [0, 0.1) is 14.1 Å². The van der Waals surface area contributed by atoms with E-state index in [2.05, 4.69) is 18.7 Å². The first-order chi connectivity index (χ1) is 23.0. The second-order valence-electron chi connectivity index (χ2n) is 10.9. The monoisotopic (exact) mass is 879 g/mol. The van der Waals surface area contributed by atoms with Crippen molar-refractivity contribution in [1.29, 1.82) is 0 Å². The van der Waals surface area contributed by atoms with Gasteiger partial charge in [0.2, 0.25) is 0 Å². The van der Waals surface area contributed by atoms with Crippen molar-refractivity contribution in [3.05, 3.63) is 100 Å². The van der Waals surface area contributed by atoms with Crippen LogP contribution >= 0.6 is 45.2 Å². The number of nitrogens with zero attached hydrogens (tertiary/aromatic N) is 1. The fourth-order valence-corrected chi connectivity index (χ4v) is 7.11. The molecule has 9 nitrogen and oxygen atoms in total. The topological polar surface area (TPSA) is 119 Å². The smallest absolute Gasteiger partial charge is 0.344 e. The summed E-state index contributed by atoms with van der Waals surface area (Å²) in [5.74, 6) is 0.869. The molecule has 2 aromatic heterocycles. The number of aryl methyl sites for hydroxylation is 2. The molecule has 254 valence electrons. The van der Waals surface area contributed by atoms with Crippen molar-refractivity contribution in [2.24, 2.45) is 0 Å². The molecule has 0 radical (unpaired) electrons. The van der Waals surface area contributed by atoms with Gasteiger partial charge in [-0.3, -0.25) is 4.79 Å². The molecule has 11 heteroatoms. The molecular weight excluding hydrogens is 840 g/mol. The first-order valence-corrected chi connectivity index (χ1v) is 18.0. The van der Waals surface area contributed by atoms with Crippen molar-refractivity contribution in [3.63, 3.8) is 0 Å². The molecule has 5 aromatic rings. The van der Waals surface area contributed by atoms with E-state index in [1.54, 1.807) is 31.2 Å². The van der Waals surface area contributed by atoms with E-state index >= 15 is 0 Å². The number of phenols is 1. The van der Waals surface area contributed by atoms with Crippen LogP contribution in [0.5, 0.6) is 11.5 Å². The second-order valence-corrected chi connectivity index (χ2v) is 13.2. The third kappa shape index (κ3) is 8.77. The average Bonchev–Trinajstić information content (AvgIpc) is 3.46. The first kappa shape index (κ1) is 37.4. The summed E-state index contributed by atoms with van der Waals surface area (Å²) < 4.78 is 22.9. The molecule has 0 unspecified atom stereocenters. The zero-order chi connectivity index (χ0) is 35.0. The lowest BCUT2D eigenvalue weighted by atomic mass is 9.99. The minimum absolute atomic E-state index is 0.0716. The first-order valence-electron chi connectivity index (χ1n) is 15.8. The van der Waals surface area contributed by atoms with Crippen LogP contribution in [0.2, 0.25) is 0 Å². The fraction of sp³-hybridized carbons (Fsp3) is 0.324. The second kappa shape index (κ2) is 17.3. The van der Waals surface area contributed by atoms with Crippen LogP contribution in [0.25, 0.3) is 21.9 Å². The van der Waals surface area contributed by atoms with E-state index in [1.165, 1.54) is 0 Å². The Morgan fingerprint density at radius 3 is 2.23 bits per heavy atom. The molecule has 0 spiro atoms. The molecule has 0 aliphatic heterocycles. The summed E-state index contributed by atoms with van der Waals surface area (Å²) >= 11 is 4.06. The van der Waals surface area contributed by atoms with Gasteiger partial charge in [0.05, 0.1) is 19.3 Å². The van der Waals surface area contributed by atoms with Gasteiger partial charge in [0.1, 0.15) is 28.4 Å². The Kier molecular flexibility index (Phi) is 13.5. The summed E-state index contributed by atoms with van der Waals surface area (Å²) in [6.07, 6.45) is 1.31. The number of rotatable bonds is 12. The third-order valence-electron chi connectivity index (χ3n) is 7.99. The molecule has 0 aliphatic carbocycles. The van der Waals surface area contributed by atoms with E-state index < -0.39 is 5.97 Å². The van der Waals surface area contributed by atoms with Crippen molar-refractivity contribution in [3.8, 4) is 11.5 Å². The number of esters is 1. The van der Waals surface area contributed by atoms with Crippen LogP contribution in [-0.4, -0.2) is 54.6 Å². The Morgan fingerprint density at radius 2 is 1.58 bits per heavy atom. The van der Waals surface area contributed by atoms with Crippen molar-refractivity contribution in [1.82, 2.24) is 4.90 Å². The molecule has 0 fully saturated rings. The van der Waals surface area contributed by atoms with Crippen LogP contribution < -0.4 is 10.4 Å². The molecule has 0 aliphatic rings. The number of hydrogen-bond donors (Lipinski definition) is 1. The molecule has 5 rings (SSSR count). The maximum absolute atomic E-state index is 13.0. The number of halogens is 2. The summed E-state index contributed by atoms with van der Waals surface area (Å²) in [7, 11) is 0. The van der Waals surface area contributed by atoms with Crippen LogP contribution in [0.4, 0.5) is 0 Å². The standard InChI is InChI=1S/C20H27NO5.C17H12I2O3/c1-5-21(6-2)11-10-17-14(4)16-9-8-15(12-18(16)26-20(17)23)25-13-19(22)24-7-3;1-2-13-15(10-5-3-4-6-14(10)22-13)16(20)9-7-11(18)17(21)12(19)8-9/h8-9,12H,5-7,10-11,13H2,1-4H3;3-8,21H,2H2,1H3. The fourth-order valence-electron chi connectivity index (χ4n) is 5.34. The van der Waals surface area contributed by atoms with E-state index in [0.29, 0.717) is 60.4 Å². The average molecular weight is 880 g/mol. The Morgan fingerprint density at radius 1 is 0.896 bits per heavy atom. The molecular formula is C37H39I2NO8. The van der Waals surface area contributed by atoms with E-state index in [4.69, 9.17) is 18.3 Å². The molecule has 0 amide bonds. The third-order valence-corrected chi connectivity index (χ3v) is 9.63. The minimum Gasteiger partial charge on any atom is -0.506 e. The molecule has 0 saturated heterocycles. The maximum Gasteiger partial charge on any atom is 0.344 e.